The summed E-state index contributed by atoms with van der Waals surface area (Å²) in [5.74, 6) is -1.93. The third-order valence-electron chi connectivity index (χ3n) is 4.27. The number of carbonyl (C=O) groups excluding carboxylic acids is 2. The number of hydrogen-bond donors (Lipinski definition) is 1. The lowest BCUT2D eigenvalue weighted by molar-refractivity contribution is -0.195. The van der Waals surface area contributed by atoms with Gasteiger partial charge in [-0.2, -0.15) is 0 Å². The topological polar surface area (TPSA) is 103 Å². The number of hydrogen-bond acceptors (Lipinski definition) is 6. The Balaban J connectivity index is 1.53. The molecule has 1 fully saturated rings. The van der Waals surface area contributed by atoms with E-state index >= 15 is 0 Å². The number of benzene rings is 2. The van der Waals surface area contributed by atoms with Crippen LogP contribution >= 0.6 is 0 Å². The molecule has 1 aliphatic heterocycles. The van der Waals surface area contributed by atoms with Crippen molar-refractivity contribution in [1.29, 1.82) is 0 Å². The van der Waals surface area contributed by atoms with E-state index in [0.717, 1.165) is 0 Å². The number of carboxylic acid groups (broad SMARTS) is 1. The summed E-state index contributed by atoms with van der Waals surface area (Å²) in [4.78, 5) is 35.5. The van der Waals surface area contributed by atoms with Crippen LogP contribution in [-0.4, -0.2) is 23.0 Å². The molecule has 7 nitrogen and oxygen atoms in total. The lowest BCUT2D eigenvalue weighted by atomic mass is 10.1. The Labute approximate surface area is 164 Å². The summed E-state index contributed by atoms with van der Waals surface area (Å²) in [5.41, 5.74) is 1.08. The van der Waals surface area contributed by atoms with Crippen molar-refractivity contribution in [2.45, 2.75) is 6.29 Å². The van der Waals surface area contributed by atoms with Crippen molar-refractivity contribution >= 4 is 24.0 Å². The van der Waals surface area contributed by atoms with E-state index in [1.54, 1.807) is 54.6 Å². The number of ether oxygens (including phenoxy) is 2. The summed E-state index contributed by atoms with van der Waals surface area (Å²) < 4.78 is 16.1. The molecule has 144 valence electrons. The highest BCUT2D eigenvalue weighted by Crippen LogP contribution is 2.29. The highest BCUT2D eigenvalue weighted by Gasteiger charge is 2.34. The van der Waals surface area contributed by atoms with Crippen LogP contribution < -0.4 is 0 Å². The fourth-order valence-electron chi connectivity index (χ4n) is 2.80. The van der Waals surface area contributed by atoms with Gasteiger partial charge in [0.1, 0.15) is 17.1 Å². The molecule has 1 saturated heterocycles. The van der Waals surface area contributed by atoms with Crippen molar-refractivity contribution in [2.75, 3.05) is 0 Å². The molecule has 29 heavy (non-hydrogen) atoms. The minimum atomic E-state index is -1.09. The van der Waals surface area contributed by atoms with E-state index in [1.165, 1.54) is 18.2 Å². The minimum absolute atomic E-state index is 0.156. The van der Waals surface area contributed by atoms with Crippen LogP contribution in [0.4, 0.5) is 0 Å². The molecule has 7 heteroatoms. The van der Waals surface area contributed by atoms with Gasteiger partial charge in [-0.15, -0.1) is 0 Å². The maximum Gasteiger partial charge on any atom is 0.349 e. The predicted octanol–water partition coefficient (Wildman–Crippen LogP) is 3.83. The second-order valence-electron chi connectivity index (χ2n) is 6.20. The summed E-state index contributed by atoms with van der Waals surface area (Å²) in [5, 5.41) is 8.96. The molecular weight excluding hydrogens is 376 g/mol. The van der Waals surface area contributed by atoms with Crippen LogP contribution in [0.3, 0.4) is 0 Å². The van der Waals surface area contributed by atoms with Crippen molar-refractivity contribution < 1.29 is 33.4 Å². The van der Waals surface area contributed by atoms with Gasteiger partial charge in [0.05, 0.1) is 5.56 Å². The van der Waals surface area contributed by atoms with Crippen molar-refractivity contribution in [3.8, 4) is 11.3 Å². The second-order valence-corrected chi connectivity index (χ2v) is 6.20. The maximum absolute atomic E-state index is 12.3. The largest absolute Gasteiger partial charge is 0.478 e. The first-order valence-corrected chi connectivity index (χ1v) is 8.63. The van der Waals surface area contributed by atoms with Crippen LogP contribution in [0.25, 0.3) is 17.4 Å². The van der Waals surface area contributed by atoms with Crippen LogP contribution in [0.2, 0.25) is 0 Å². The Bertz CT molecular complexity index is 1090. The van der Waals surface area contributed by atoms with Crippen LogP contribution in [0, 0.1) is 0 Å². The molecule has 0 spiro atoms. The summed E-state index contributed by atoms with van der Waals surface area (Å²) in [7, 11) is 0. The van der Waals surface area contributed by atoms with Gasteiger partial charge in [-0.05, 0) is 24.3 Å². The van der Waals surface area contributed by atoms with E-state index in [2.05, 4.69) is 0 Å². The summed E-state index contributed by atoms with van der Waals surface area (Å²) in [6.07, 6.45) is 0.161. The Morgan fingerprint density at radius 3 is 2.14 bits per heavy atom. The molecule has 1 aromatic heterocycles. The molecule has 0 radical (unpaired) electrons. The van der Waals surface area contributed by atoms with Crippen LogP contribution in [0.1, 0.15) is 28.0 Å². The number of carboxylic acids is 1. The Hall–Kier alpha value is -4.13. The minimum Gasteiger partial charge on any atom is -0.478 e. The Kier molecular flexibility index (Phi) is 4.70. The molecule has 0 saturated carbocycles. The molecule has 0 amide bonds. The number of carbonyl (C=O) groups is 3. The van der Waals surface area contributed by atoms with Crippen LogP contribution in [-0.2, 0) is 19.1 Å². The van der Waals surface area contributed by atoms with E-state index < -0.39 is 24.2 Å². The first-order valence-electron chi connectivity index (χ1n) is 8.63. The van der Waals surface area contributed by atoms with Crippen molar-refractivity contribution in [3.63, 3.8) is 0 Å². The molecule has 4 rings (SSSR count). The van der Waals surface area contributed by atoms with Gasteiger partial charge in [0.25, 0.3) is 6.29 Å². The van der Waals surface area contributed by atoms with Crippen molar-refractivity contribution in [2.24, 2.45) is 0 Å². The average Bonchev–Trinajstić information content (AvgIpc) is 3.20. The third-order valence-corrected chi connectivity index (χ3v) is 4.27. The summed E-state index contributed by atoms with van der Waals surface area (Å²) >= 11 is 0. The first-order chi connectivity index (χ1) is 14.0. The average molecular weight is 390 g/mol. The quantitative estimate of drug-likeness (QED) is 0.410. The number of esters is 2. The number of aromatic carboxylic acids is 1. The zero-order chi connectivity index (χ0) is 20.4. The molecule has 1 N–H and O–H groups in total. The van der Waals surface area contributed by atoms with Gasteiger partial charge in [-0.25, -0.2) is 14.4 Å². The van der Waals surface area contributed by atoms with Gasteiger partial charge in [0, 0.05) is 17.2 Å². The molecule has 0 unspecified atom stereocenters. The van der Waals surface area contributed by atoms with E-state index in [-0.39, 0.29) is 16.9 Å². The van der Waals surface area contributed by atoms with Gasteiger partial charge in [0.15, 0.2) is 0 Å². The zero-order valence-corrected chi connectivity index (χ0v) is 14.9. The second kappa shape index (κ2) is 7.47. The SMILES string of the molecule is O=C1OC(c2ccccc2)OC(=O)C1=Cc1ccc(-c2ccc(C(=O)O)cc2)o1. The molecule has 3 aromatic rings. The molecule has 0 bridgehead atoms. The van der Waals surface area contributed by atoms with Crippen LogP contribution in [0.15, 0.2) is 76.7 Å². The van der Waals surface area contributed by atoms with E-state index in [0.29, 0.717) is 16.9 Å². The molecular formula is C22H14O7. The fourth-order valence-corrected chi connectivity index (χ4v) is 2.80. The Morgan fingerprint density at radius 1 is 0.862 bits per heavy atom. The predicted molar refractivity (Wildman–Crippen MR) is 100 cm³/mol. The standard InChI is InChI=1S/C22H14O7/c23-19(24)14-8-6-13(7-9-14)18-11-10-16(27-18)12-17-20(25)28-22(29-21(17)26)15-4-2-1-3-5-15/h1-12,22H,(H,23,24). The van der Waals surface area contributed by atoms with Crippen molar-refractivity contribution in [1.82, 2.24) is 0 Å². The van der Waals surface area contributed by atoms with Gasteiger partial charge in [-0.3, -0.25) is 0 Å². The maximum atomic E-state index is 12.3. The lowest BCUT2D eigenvalue weighted by Gasteiger charge is -2.23. The highest BCUT2D eigenvalue weighted by molar-refractivity contribution is 6.18. The van der Waals surface area contributed by atoms with E-state index in [4.69, 9.17) is 19.0 Å². The summed E-state index contributed by atoms with van der Waals surface area (Å²) in [6.45, 7) is 0. The zero-order valence-electron chi connectivity index (χ0n) is 14.9. The fraction of sp³-hybridized carbons (Fsp3) is 0.0455. The molecule has 0 atom stereocenters. The lowest BCUT2D eigenvalue weighted by Crippen LogP contribution is -2.29. The van der Waals surface area contributed by atoms with Gasteiger partial charge in [-0.1, -0.05) is 42.5 Å². The number of rotatable bonds is 4. The summed E-state index contributed by atoms with van der Waals surface area (Å²) in [6, 6.07) is 18.0. The van der Waals surface area contributed by atoms with Gasteiger partial charge < -0.3 is 19.0 Å². The van der Waals surface area contributed by atoms with Crippen LogP contribution in [0.5, 0.6) is 0 Å². The molecule has 2 heterocycles. The monoisotopic (exact) mass is 390 g/mol. The van der Waals surface area contributed by atoms with E-state index in [1.807, 2.05) is 0 Å². The van der Waals surface area contributed by atoms with E-state index in [9.17, 15) is 14.4 Å². The smallest absolute Gasteiger partial charge is 0.349 e. The normalized spacial score (nSPS) is 16.1. The van der Waals surface area contributed by atoms with Gasteiger partial charge >= 0.3 is 17.9 Å². The Morgan fingerprint density at radius 2 is 1.52 bits per heavy atom. The van der Waals surface area contributed by atoms with Crippen molar-refractivity contribution in [3.05, 3.63) is 89.2 Å². The number of furan rings is 1. The third kappa shape index (κ3) is 3.79. The molecule has 0 aliphatic carbocycles. The molecule has 1 aliphatic rings. The highest BCUT2D eigenvalue weighted by atomic mass is 16.7. The first kappa shape index (κ1) is 18.2. The van der Waals surface area contributed by atoms with Gasteiger partial charge in [0.2, 0.25) is 0 Å². The molecule has 2 aromatic carbocycles. The number of cyclic esters (lactones) is 2.